The van der Waals surface area contributed by atoms with Crippen molar-refractivity contribution in [3.05, 3.63) is 47.8 Å². The molecule has 0 bridgehead atoms. The number of nitrogens with one attached hydrogen (secondary N) is 1. The first-order valence-corrected chi connectivity index (χ1v) is 10.5. The fourth-order valence-electron chi connectivity index (χ4n) is 3.11. The number of hydrogen-bond donors (Lipinski definition) is 3. The fourth-order valence-corrected chi connectivity index (χ4v) is 4.30. The molecule has 0 aliphatic carbocycles. The zero-order valence-electron chi connectivity index (χ0n) is 16.2. The highest BCUT2D eigenvalue weighted by molar-refractivity contribution is 7.89. The maximum absolute atomic E-state index is 13.1. The van der Waals surface area contributed by atoms with Gasteiger partial charge < -0.3 is 15.4 Å². The second kappa shape index (κ2) is 7.77. The number of pyridine rings is 1. The lowest BCUT2D eigenvalue weighted by Gasteiger charge is -2.10. The van der Waals surface area contributed by atoms with Crippen molar-refractivity contribution >= 4 is 32.8 Å². The number of aromatic carboxylic acids is 1. The monoisotopic (exact) mass is 443 g/mol. The van der Waals surface area contributed by atoms with Crippen molar-refractivity contribution < 1.29 is 22.9 Å². The van der Waals surface area contributed by atoms with Crippen molar-refractivity contribution in [2.75, 3.05) is 5.73 Å². The van der Waals surface area contributed by atoms with Crippen LogP contribution in [0.2, 0.25) is 0 Å². The fraction of sp³-hybridized carbons (Fsp3) is 0.167. The van der Waals surface area contributed by atoms with Crippen molar-refractivity contribution in [2.45, 2.75) is 24.9 Å². The second-order valence-electron chi connectivity index (χ2n) is 6.51. The highest BCUT2D eigenvalue weighted by Gasteiger charge is 2.25. The number of rotatable bonds is 7. The Morgan fingerprint density at radius 3 is 2.58 bits per heavy atom. The highest BCUT2D eigenvalue weighted by atomic mass is 32.2. The minimum Gasteiger partial charge on any atom is -0.478 e. The first kappa shape index (κ1) is 20.4. The number of aryl methyl sites for hydroxylation is 1. The predicted octanol–water partition coefficient (Wildman–Crippen LogP) is 1.26. The maximum atomic E-state index is 13.1. The number of nitrogens with two attached hydrogens (primary N) is 1. The van der Waals surface area contributed by atoms with Gasteiger partial charge in [-0.1, -0.05) is 12.1 Å². The molecule has 4 aromatic rings. The van der Waals surface area contributed by atoms with Crippen LogP contribution < -0.4 is 10.5 Å². The molecular formula is C18H17N7O5S. The molecule has 4 rings (SSSR count). The van der Waals surface area contributed by atoms with Crippen molar-refractivity contribution in [3.8, 4) is 11.5 Å². The molecule has 3 aromatic heterocycles. The molecule has 0 radical (unpaired) electrons. The molecule has 31 heavy (non-hydrogen) atoms. The Balaban J connectivity index is 1.72. The number of fused-ring (bicyclic) bond motifs is 1. The molecule has 0 aliphatic rings. The Morgan fingerprint density at radius 1 is 1.23 bits per heavy atom. The Labute approximate surface area is 175 Å². The summed E-state index contributed by atoms with van der Waals surface area (Å²) in [4.78, 5) is 19.3. The smallest absolute Gasteiger partial charge is 0.335 e. The van der Waals surface area contributed by atoms with E-state index in [2.05, 4.69) is 29.6 Å². The molecule has 0 atom stereocenters. The van der Waals surface area contributed by atoms with Gasteiger partial charge in [-0.2, -0.15) is 0 Å². The van der Waals surface area contributed by atoms with Crippen LogP contribution in [-0.2, 0) is 23.1 Å². The molecule has 0 saturated carbocycles. The van der Waals surface area contributed by atoms with Crippen molar-refractivity contribution in [3.63, 3.8) is 0 Å². The zero-order valence-corrected chi connectivity index (χ0v) is 17.0. The molecule has 13 heteroatoms. The predicted molar refractivity (Wildman–Crippen MR) is 108 cm³/mol. The lowest BCUT2D eigenvalue weighted by molar-refractivity contribution is 0.0697. The Kier molecular flexibility index (Phi) is 5.12. The minimum absolute atomic E-state index is 0.0327. The summed E-state index contributed by atoms with van der Waals surface area (Å²) in [7, 11) is -3.99. The van der Waals surface area contributed by atoms with Gasteiger partial charge in [-0.25, -0.2) is 27.5 Å². The summed E-state index contributed by atoms with van der Waals surface area (Å²) in [6.07, 6.45) is 2.68. The average molecular weight is 443 g/mol. The number of carboxylic acid groups (broad SMARTS) is 1. The normalized spacial score (nSPS) is 11.8. The van der Waals surface area contributed by atoms with Gasteiger partial charge in [0.05, 0.1) is 17.3 Å². The van der Waals surface area contributed by atoms with E-state index in [0.717, 1.165) is 0 Å². The largest absolute Gasteiger partial charge is 0.478 e. The first-order valence-electron chi connectivity index (χ1n) is 9.06. The molecule has 0 aliphatic heterocycles. The van der Waals surface area contributed by atoms with Gasteiger partial charge in [0, 0.05) is 19.3 Å². The van der Waals surface area contributed by atoms with Crippen LogP contribution >= 0.6 is 0 Å². The van der Waals surface area contributed by atoms with Crippen LogP contribution in [0.15, 0.2) is 46.2 Å². The molecular weight excluding hydrogens is 426 g/mol. The summed E-state index contributed by atoms with van der Waals surface area (Å²) in [5.41, 5.74) is 7.37. The third kappa shape index (κ3) is 3.71. The summed E-state index contributed by atoms with van der Waals surface area (Å²) in [6.45, 7) is 2.16. The van der Waals surface area contributed by atoms with Crippen LogP contribution in [-0.4, -0.2) is 44.3 Å². The molecule has 0 spiro atoms. The van der Waals surface area contributed by atoms with Crippen LogP contribution in [0.25, 0.3) is 22.6 Å². The summed E-state index contributed by atoms with van der Waals surface area (Å²) < 4.78 is 34.9. The van der Waals surface area contributed by atoms with Gasteiger partial charge in [-0.15, -0.1) is 0 Å². The quantitative estimate of drug-likeness (QED) is 0.376. The number of hydrogen-bond acceptors (Lipinski definition) is 9. The number of carboxylic acids is 1. The third-order valence-corrected chi connectivity index (χ3v) is 6.02. The van der Waals surface area contributed by atoms with Crippen LogP contribution in [0.4, 0.5) is 5.82 Å². The SMILES string of the molecule is CCn1c(-c2nonc2N)nc2cncc(S(=O)(=O)NCc3ccc(C(=O)O)cc3)c21. The molecule has 1 aromatic carbocycles. The molecule has 0 unspecified atom stereocenters. The summed E-state index contributed by atoms with van der Waals surface area (Å²) >= 11 is 0. The molecule has 0 fully saturated rings. The third-order valence-electron chi connectivity index (χ3n) is 4.62. The van der Waals surface area contributed by atoms with Gasteiger partial charge in [-0.3, -0.25) is 4.98 Å². The van der Waals surface area contributed by atoms with Gasteiger partial charge in [0.25, 0.3) is 0 Å². The van der Waals surface area contributed by atoms with Crippen LogP contribution in [0, 0.1) is 0 Å². The van der Waals surface area contributed by atoms with Gasteiger partial charge in [0.15, 0.2) is 17.3 Å². The van der Waals surface area contributed by atoms with Crippen molar-refractivity contribution in [2.24, 2.45) is 0 Å². The second-order valence-corrected chi connectivity index (χ2v) is 8.25. The number of imidazole rings is 1. The van der Waals surface area contributed by atoms with E-state index in [1.807, 2.05) is 6.92 Å². The number of benzene rings is 1. The highest BCUT2D eigenvalue weighted by Crippen LogP contribution is 2.29. The molecule has 160 valence electrons. The summed E-state index contributed by atoms with van der Waals surface area (Å²) in [5, 5.41) is 16.3. The Bertz CT molecular complexity index is 1380. The molecule has 0 amide bonds. The minimum atomic E-state index is -3.99. The number of anilines is 1. The van der Waals surface area contributed by atoms with Crippen molar-refractivity contribution in [1.82, 2.24) is 29.6 Å². The van der Waals surface area contributed by atoms with Gasteiger partial charge in [0.2, 0.25) is 10.0 Å². The van der Waals surface area contributed by atoms with E-state index in [-0.39, 0.29) is 28.5 Å². The van der Waals surface area contributed by atoms with E-state index >= 15 is 0 Å². The number of nitrogen functional groups attached to an aromatic ring is 1. The van der Waals surface area contributed by atoms with Crippen molar-refractivity contribution in [1.29, 1.82) is 0 Å². The van der Waals surface area contributed by atoms with Gasteiger partial charge in [0.1, 0.15) is 10.4 Å². The maximum Gasteiger partial charge on any atom is 0.335 e. The molecule has 12 nitrogen and oxygen atoms in total. The lowest BCUT2D eigenvalue weighted by atomic mass is 10.1. The Morgan fingerprint density at radius 2 is 1.97 bits per heavy atom. The van der Waals surface area contributed by atoms with E-state index in [9.17, 15) is 13.2 Å². The first-order chi connectivity index (χ1) is 14.8. The molecule has 0 saturated heterocycles. The van der Waals surface area contributed by atoms with Crippen LogP contribution in [0.1, 0.15) is 22.8 Å². The van der Waals surface area contributed by atoms with E-state index in [1.54, 1.807) is 16.7 Å². The van der Waals surface area contributed by atoms with E-state index < -0.39 is 16.0 Å². The number of aromatic nitrogens is 5. The standard InChI is InChI=1S/C18H17N7O5S/c1-2-25-15-12(22-17(25)14-16(19)24-30-23-14)8-20-9-13(15)31(28,29)21-7-10-3-5-11(6-4-10)18(26)27/h3-6,8-9,21H,2,7H2,1H3,(H2,19,24)(H,26,27). The Hall–Kier alpha value is -3.84. The topological polar surface area (TPSA) is 179 Å². The molecule has 4 N–H and O–H groups in total. The van der Waals surface area contributed by atoms with Crippen LogP contribution in [0.5, 0.6) is 0 Å². The summed E-state index contributed by atoms with van der Waals surface area (Å²) in [5.74, 6) is -0.716. The van der Waals surface area contributed by atoms with E-state index in [4.69, 9.17) is 10.8 Å². The molecule has 3 heterocycles. The zero-order chi connectivity index (χ0) is 22.2. The number of carbonyl (C=O) groups is 1. The number of nitrogens with zero attached hydrogens (tertiary/aromatic N) is 5. The van der Waals surface area contributed by atoms with Crippen LogP contribution in [0.3, 0.4) is 0 Å². The average Bonchev–Trinajstić information content (AvgIpc) is 3.34. The van der Waals surface area contributed by atoms with E-state index in [1.165, 1.54) is 24.5 Å². The number of sulfonamides is 1. The summed E-state index contributed by atoms with van der Waals surface area (Å²) in [6, 6.07) is 5.89. The van der Waals surface area contributed by atoms with Gasteiger partial charge in [-0.05, 0) is 34.9 Å². The van der Waals surface area contributed by atoms with Gasteiger partial charge >= 0.3 is 5.97 Å². The lowest BCUT2D eigenvalue weighted by Crippen LogP contribution is -2.24. The van der Waals surface area contributed by atoms with E-state index in [0.29, 0.717) is 29.0 Å².